The Morgan fingerprint density at radius 3 is 2.00 bits per heavy atom. The number of halogens is 2. The Kier molecular flexibility index (Phi) is 5.22. The van der Waals surface area contributed by atoms with Gasteiger partial charge in [0, 0.05) is 18.9 Å². The molecule has 2 saturated carbocycles. The van der Waals surface area contributed by atoms with E-state index in [0.29, 0.717) is 30.7 Å². The highest BCUT2D eigenvalue weighted by molar-refractivity contribution is 4.89. The summed E-state index contributed by atoms with van der Waals surface area (Å²) in [4.78, 5) is 0. The van der Waals surface area contributed by atoms with E-state index in [4.69, 9.17) is 0 Å². The fraction of sp³-hybridized carbons (Fsp3) is 1.00. The fourth-order valence-electron chi connectivity index (χ4n) is 4.23. The third kappa shape index (κ3) is 3.90. The highest BCUT2D eigenvalue weighted by Gasteiger charge is 2.39. The van der Waals surface area contributed by atoms with E-state index in [1.54, 1.807) is 0 Å². The zero-order valence-electron chi connectivity index (χ0n) is 12.4. The third-order valence-corrected chi connectivity index (χ3v) is 5.58. The normalized spacial score (nSPS) is 34.1. The molecule has 2 aliphatic rings. The first-order valence-corrected chi connectivity index (χ1v) is 8.11. The van der Waals surface area contributed by atoms with Crippen LogP contribution in [-0.4, -0.2) is 19.0 Å². The number of hydrogen-bond donors (Lipinski definition) is 1. The topological polar surface area (TPSA) is 12.0 Å². The molecule has 0 spiro atoms. The predicted molar refractivity (Wildman–Crippen MR) is 75.5 cm³/mol. The highest BCUT2D eigenvalue weighted by atomic mass is 19.3. The Hall–Kier alpha value is -0.180. The number of nitrogens with one attached hydrogen (secondary N) is 1. The van der Waals surface area contributed by atoms with Crippen molar-refractivity contribution >= 4 is 0 Å². The zero-order chi connectivity index (χ0) is 13.9. The van der Waals surface area contributed by atoms with Gasteiger partial charge in [0.05, 0.1) is 0 Å². The first-order valence-electron chi connectivity index (χ1n) is 8.11. The van der Waals surface area contributed by atoms with Gasteiger partial charge in [-0.3, -0.25) is 0 Å². The van der Waals surface area contributed by atoms with Gasteiger partial charge in [-0.2, -0.15) is 0 Å². The van der Waals surface area contributed by atoms with Crippen LogP contribution in [0.25, 0.3) is 0 Å². The average Bonchev–Trinajstić information content (AvgIpc) is 2.42. The van der Waals surface area contributed by atoms with E-state index in [-0.39, 0.29) is 12.8 Å². The maximum absolute atomic E-state index is 13.3. The maximum Gasteiger partial charge on any atom is 0.248 e. The van der Waals surface area contributed by atoms with Gasteiger partial charge in [-0.1, -0.05) is 26.2 Å². The molecule has 112 valence electrons. The molecule has 0 aliphatic heterocycles. The van der Waals surface area contributed by atoms with Crippen molar-refractivity contribution in [2.24, 2.45) is 17.8 Å². The minimum atomic E-state index is -2.39. The summed E-state index contributed by atoms with van der Waals surface area (Å²) in [5.74, 6) is -0.309. The van der Waals surface area contributed by atoms with Crippen LogP contribution < -0.4 is 5.32 Å². The molecule has 0 aromatic rings. The van der Waals surface area contributed by atoms with Gasteiger partial charge in [-0.05, 0) is 50.5 Å². The van der Waals surface area contributed by atoms with Crippen LogP contribution >= 0.6 is 0 Å². The highest BCUT2D eigenvalue weighted by Crippen LogP contribution is 2.41. The van der Waals surface area contributed by atoms with Gasteiger partial charge in [0.1, 0.15) is 0 Å². The molecule has 0 aromatic heterocycles. The lowest BCUT2D eigenvalue weighted by atomic mass is 9.71. The van der Waals surface area contributed by atoms with Gasteiger partial charge in [0.25, 0.3) is 0 Å². The lowest BCUT2D eigenvalue weighted by Crippen LogP contribution is -2.44. The molecule has 0 aromatic carbocycles. The third-order valence-electron chi connectivity index (χ3n) is 5.58. The molecule has 3 heteroatoms. The van der Waals surface area contributed by atoms with Gasteiger partial charge >= 0.3 is 0 Å². The summed E-state index contributed by atoms with van der Waals surface area (Å²) in [5, 5.41) is 3.46. The second-order valence-electron chi connectivity index (χ2n) is 6.70. The van der Waals surface area contributed by atoms with Crippen molar-refractivity contribution in [3.63, 3.8) is 0 Å². The molecule has 2 fully saturated rings. The molecule has 2 aliphatic carbocycles. The summed E-state index contributed by atoms with van der Waals surface area (Å²) in [5.41, 5.74) is 0. The molecule has 1 nitrogen and oxygen atoms in total. The SMILES string of the molecule is CCC1CCC(C(NC)C2CCC(F)(F)CC2)CC1. The summed E-state index contributed by atoms with van der Waals surface area (Å²) in [6.45, 7) is 2.28. The smallest absolute Gasteiger partial charge is 0.248 e. The predicted octanol–water partition coefficient (Wildman–Crippen LogP) is 4.62. The second-order valence-corrected chi connectivity index (χ2v) is 6.70. The monoisotopic (exact) mass is 273 g/mol. The minimum Gasteiger partial charge on any atom is -0.316 e. The van der Waals surface area contributed by atoms with Crippen LogP contribution in [-0.2, 0) is 0 Å². The van der Waals surface area contributed by atoms with Gasteiger partial charge in [0.15, 0.2) is 0 Å². The second kappa shape index (κ2) is 6.51. The molecule has 1 atom stereocenters. The number of hydrogen-bond acceptors (Lipinski definition) is 1. The van der Waals surface area contributed by atoms with Gasteiger partial charge in [0.2, 0.25) is 5.92 Å². The van der Waals surface area contributed by atoms with Crippen LogP contribution in [0.3, 0.4) is 0 Å². The Morgan fingerprint density at radius 1 is 1.00 bits per heavy atom. The van der Waals surface area contributed by atoms with E-state index in [1.807, 2.05) is 7.05 Å². The molecule has 0 radical (unpaired) electrons. The number of alkyl halides is 2. The van der Waals surface area contributed by atoms with Crippen molar-refractivity contribution in [2.75, 3.05) is 7.05 Å². The minimum absolute atomic E-state index is 0.0974. The Labute approximate surface area is 116 Å². The molecule has 19 heavy (non-hydrogen) atoms. The van der Waals surface area contributed by atoms with Gasteiger partial charge in [-0.15, -0.1) is 0 Å². The Bertz CT molecular complexity index is 262. The van der Waals surface area contributed by atoms with E-state index in [1.165, 1.54) is 32.1 Å². The molecule has 2 rings (SSSR count). The van der Waals surface area contributed by atoms with Crippen LogP contribution in [0, 0.1) is 17.8 Å². The summed E-state index contributed by atoms with van der Waals surface area (Å²) in [6, 6.07) is 0.467. The lowest BCUT2D eigenvalue weighted by molar-refractivity contribution is -0.0527. The Balaban J connectivity index is 1.87. The standard InChI is InChI=1S/C16H29F2N/c1-3-12-4-6-13(7-5-12)15(19-2)14-8-10-16(17,18)11-9-14/h12-15,19H,3-11H2,1-2H3. The molecule has 0 saturated heterocycles. The van der Waals surface area contributed by atoms with E-state index < -0.39 is 5.92 Å². The quantitative estimate of drug-likeness (QED) is 0.788. The Morgan fingerprint density at radius 2 is 1.53 bits per heavy atom. The molecule has 0 heterocycles. The van der Waals surface area contributed by atoms with Crippen LogP contribution in [0.4, 0.5) is 8.78 Å². The molecule has 1 N–H and O–H groups in total. The first-order chi connectivity index (χ1) is 9.05. The maximum atomic E-state index is 13.3. The molecular weight excluding hydrogens is 244 g/mol. The average molecular weight is 273 g/mol. The van der Waals surface area contributed by atoms with Crippen molar-refractivity contribution in [2.45, 2.75) is 76.7 Å². The van der Waals surface area contributed by atoms with Crippen molar-refractivity contribution < 1.29 is 8.78 Å². The van der Waals surface area contributed by atoms with Crippen LogP contribution in [0.5, 0.6) is 0 Å². The van der Waals surface area contributed by atoms with E-state index in [0.717, 1.165) is 5.92 Å². The van der Waals surface area contributed by atoms with Crippen molar-refractivity contribution in [1.82, 2.24) is 5.32 Å². The van der Waals surface area contributed by atoms with E-state index in [2.05, 4.69) is 12.2 Å². The van der Waals surface area contributed by atoms with Crippen LogP contribution in [0.2, 0.25) is 0 Å². The van der Waals surface area contributed by atoms with E-state index >= 15 is 0 Å². The van der Waals surface area contributed by atoms with Gasteiger partial charge < -0.3 is 5.32 Å². The van der Waals surface area contributed by atoms with Crippen molar-refractivity contribution in [1.29, 1.82) is 0 Å². The lowest BCUT2D eigenvalue weighted by Gasteiger charge is -2.40. The largest absolute Gasteiger partial charge is 0.316 e. The summed E-state index contributed by atoms with van der Waals surface area (Å²) in [6.07, 6.45) is 8.14. The summed E-state index contributed by atoms with van der Waals surface area (Å²) in [7, 11) is 2.02. The first kappa shape index (κ1) is 15.2. The molecule has 0 amide bonds. The fourth-order valence-corrected chi connectivity index (χ4v) is 4.23. The van der Waals surface area contributed by atoms with Crippen LogP contribution in [0.1, 0.15) is 64.7 Å². The molecule has 0 bridgehead atoms. The van der Waals surface area contributed by atoms with Crippen molar-refractivity contribution in [3.05, 3.63) is 0 Å². The van der Waals surface area contributed by atoms with Crippen molar-refractivity contribution in [3.8, 4) is 0 Å². The van der Waals surface area contributed by atoms with E-state index in [9.17, 15) is 8.78 Å². The summed E-state index contributed by atoms with van der Waals surface area (Å²) < 4.78 is 26.5. The van der Waals surface area contributed by atoms with Crippen LogP contribution in [0.15, 0.2) is 0 Å². The zero-order valence-corrected chi connectivity index (χ0v) is 12.4. The molecule has 1 unspecified atom stereocenters. The summed E-state index contributed by atoms with van der Waals surface area (Å²) >= 11 is 0. The molecular formula is C16H29F2N. The number of rotatable bonds is 4. The van der Waals surface area contributed by atoms with Gasteiger partial charge in [-0.25, -0.2) is 8.78 Å².